The first-order chi connectivity index (χ1) is 9.73. The number of carboxylic acids is 1. The third kappa shape index (κ3) is 4.20. The van der Waals surface area contributed by atoms with Gasteiger partial charge in [0, 0.05) is 6.42 Å². The number of carboxylic acid groups (broad SMARTS) is 1. The molecule has 21 heavy (non-hydrogen) atoms. The van der Waals surface area contributed by atoms with Crippen molar-refractivity contribution < 1.29 is 32.7 Å². The van der Waals surface area contributed by atoms with Crippen LogP contribution in [0.4, 0.5) is 13.2 Å². The maximum Gasteiger partial charge on any atom is 0.326 e. The average molecular weight is 304 g/mol. The zero-order valence-corrected chi connectivity index (χ0v) is 10.5. The zero-order chi connectivity index (χ0) is 16.2. The van der Waals surface area contributed by atoms with Gasteiger partial charge in [-0.25, -0.2) is 18.0 Å². The molecule has 9 heteroatoms. The van der Waals surface area contributed by atoms with E-state index in [9.17, 15) is 27.6 Å². The Morgan fingerprint density at radius 3 is 2.33 bits per heavy atom. The molecular formula is C12H11F3N2O4. The van der Waals surface area contributed by atoms with Gasteiger partial charge in [-0.05, 0) is 18.6 Å². The molecule has 6 nitrogen and oxygen atoms in total. The molecule has 1 rings (SSSR count). The van der Waals surface area contributed by atoms with E-state index in [1.807, 2.05) is 5.32 Å². The van der Waals surface area contributed by atoms with E-state index in [1.165, 1.54) is 0 Å². The predicted octanol–water partition coefficient (Wildman–Crippen LogP) is 0.552. The second-order valence-corrected chi connectivity index (χ2v) is 4.09. The van der Waals surface area contributed by atoms with Gasteiger partial charge in [-0.3, -0.25) is 9.59 Å². The zero-order valence-electron chi connectivity index (χ0n) is 10.5. The van der Waals surface area contributed by atoms with Gasteiger partial charge in [-0.2, -0.15) is 0 Å². The fraction of sp³-hybridized carbons (Fsp3) is 0.250. The van der Waals surface area contributed by atoms with Gasteiger partial charge in [0.15, 0.2) is 17.5 Å². The fourth-order valence-electron chi connectivity index (χ4n) is 1.48. The summed E-state index contributed by atoms with van der Waals surface area (Å²) in [6.07, 6.45) is -0.640. The van der Waals surface area contributed by atoms with Gasteiger partial charge in [-0.15, -0.1) is 0 Å². The number of halogens is 3. The number of nitrogens with two attached hydrogens (primary N) is 1. The van der Waals surface area contributed by atoms with Crippen molar-refractivity contribution in [1.82, 2.24) is 5.32 Å². The number of nitrogens with one attached hydrogen (secondary N) is 1. The van der Waals surface area contributed by atoms with Crippen molar-refractivity contribution in [2.24, 2.45) is 5.73 Å². The van der Waals surface area contributed by atoms with Crippen molar-refractivity contribution in [3.05, 3.63) is 35.1 Å². The lowest BCUT2D eigenvalue weighted by molar-refractivity contribution is -0.139. The summed E-state index contributed by atoms with van der Waals surface area (Å²) >= 11 is 0. The Bertz CT molecular complexity index is 592. The van der Waals surface area contributed by atoms with Crippen molar-refractivity contribution in [1.29, 1.82) is 0 Å². The number of carbonyl (C=O) groups is 3. The molecule has 0 fully saturated rings. The summed E-state index contributed by atoms with van der Waals surface area (Å²) < 4.78 is 39.1. The molecule has 1 aromatic rings. The minimum atomic E-state index is -1.84. The van der Waals surface area contributed by atoms with E-state index in [4.69, 9.17) is 10.8 Å². The molecule has 4 N–H and O–H groups in total. The van der Waals surface area contributed by atoms with Gasteiger partial charge in [-0.1, -0.05) is 0 Å². The van der Waals surface area contributed by atoms with Crippen LogP contribution in [-0.2, 0) is 9.59 Å². The highest BCUT2D eigenvalue weighted by Crippen LogP contribution is 2.15. The normalized spacial score (nSPS) is 11.8. The molecule has 0 heterocycles. The molecule has 2 amide bonds. The Balaban J connectivity index is 2.90. The second-order valence-electron chi connectivity index (χ2n) is 4.09. The van der Waals surface area contributed by atoms with Crippen molar-refractivity contribution in [2.45, 2.75) is 18.9 Å². The van der Waals surface area contributed by atoms with E-state index in [1.54, 1.807) is 0 Å². The van der Waals surface area contributed by atoms with Crippen LogP contribution in [0.2, 0.25) is 0 Å². The number of hydrogen-bond acceptors (Lipinski definition) is 3. The highest BCUT2D eigenvalue weighted by molar-refractivity contribution is 5.96. The molecule has 1 aromatic carbocycles. The summed E-state index contributed by atoms with van der Waals surface area (Å²) in [7, 11) is 0. The molecule has 0 saturated carbocycles. The van der Waals surface area contributed by atoms with E-state index in [-0.39, 0.29) is 12.8 Å². The standard InChI is InChI=1S/C12H11F3N2O4/c13-6-2-1-5(9(14)10(6)15)11(19)17-7(12(20)21)3-4-8(16)18/h1-2,7H,3-4H2,(H2,16,18)(H,17,19)(H,20,21)/t7-/m1/s1. The van der Waals surface area contributed by atoms with Gasteiger partial charge >= 0.3 is 5.97 Å². The lowest BCUT2D eigenvalue weighted by Crippen LogP contribution is -2.41. The quantitative estimate of drug-likeness (QED) is 0.667. The second kappa shape index (κ2) is 6.73. The highest BCUT2D eigenvalue weighted by atomic mass is 19.2. The molecule has 0 aliphatic carbocycles. The van der Waals surface area contributed by atoms with Crippen molar-refractivity contribution >= 4 is 17.8 Å². The smallest absolute Gasteiger partial charge is 0.326 e. The van der Waals surface area contributed by atoms with Crippen LogP contribution in [-0.4, -0.2) is 28.9 Å². The molecule has 0 saturated heterocycles. The van der Waals surface area contributed by atoms with Gasteiger partial charge in [0.05, 0.1) is 5.56 Å². The molecular weight excluding hydrogens is 293 g/mol. The van der Waals surface area contributed by atoms with Crippen LogP contribution in [0.5, 0.6) is 0 Å². The molecule has 114 valence electrons. The Kier molecular flexibility index (Phi) is 5.28. The topological polar surface area (TPSA) is 109 Å². The lowest BCUT2D eigenvalue weighted by Gasteiger charge is -2.14. The number of hydrogen-bond donors (Lipinski definition) is 3. The first-order valence-corrected chi connectivity index (χ1v) is 5.69. The van der Waals surface area contributed by atoms with Gasteiger partial charge in [0.2, 0.25) is 5.91 Å². The van der Waals surface area contributed by atoms with Crippen LogP contribution in [0, 0.1) is 17.5 Å². The van der Waals surface area contributed by atoms with Crippen LogP contribution in [0.25, 0.3) is 0 Å². The monoisotopic (exact) mass is 304 g/mol. The first-order valence-electron chi connectivity index (χ1n) is 5.69. The Morgan fingerprint density at radius 1 is 1.19 bits per heavy atom. The molecule has 0 radical (unpaired) electrons. The maximum atomic E-state index is 13.4. The molecule has 0 aliphatic rings. The lowest BCUT2D eigenvalue weighted by atomic mass is 10.1. The Labute approximate surface area is 116 Å². The Morgan fingerprint density at radius 2 is 1.81 bits per heavy atom. The van der Waals surface area contributed by atoms with Crippen LogP contribution in [0.1, 0.15) is 23.2 Å². The maximum absolute atomic E-state index is 13.4. The summed E-state index contributed by atoms with van der Waals surface area (Å²) in [6.45, 7) is 0. The number of primary amides is 1. The Hall–Kier alpha value is -2.58. The van der Waals surface area contributed by atoms with E-state index in [2.05, 4.69) is 0 Å². The van der Waals surface area contributed by atoms with Crippen molar-refractivity contribution in [2.75, 3.05) is 0 Å². The van der Waals surface area contributed by atoms with Crippen LogP contribution >= 0.6 is 0 Å². The summed E-state index contributed by atoms with van der Waals surface area (Å²) in [4.78, 5) is 33.1. The fourth-order valence-corrected chi connectivity index (χ4v) is 1.48. The highest BCUT2D eigenvalue weighted by Gasteiger charge is 2.24. The number of rotatable bonds is 6. The SMILES string of the molecule is NC(=O)CC[C@@H](NC(=O)c1ccc(F)c(F)c1F)C(=O)O. The van der Waals surface area contributed by atoms with Crippen LogP contribution in [0.3, 0.4) is 0 Å². The summed E-state index contributed by atoms with van der Waals surface area (Å²) in [5.41, 5.74) is 4.00. The largest absolute Gasteiger partial charge is 0.480 e. The number of amides is 2. The minimum Gasteiger partial charge on any atom is -0.480 e. The minimum absolute atomic E-state index is 0.318. The summed E-state index contributed by atoms with van der Waals surface area (Å²) in [5.74, 6) is -8.56. The van der Waals surface area contributed by atoms with Crippen LogP contribution in [0.15, 0.2) is 12.1 Å². The first kappa shape index (κ1) is 16.5. The number of carbonyl (C=O) groups excluding carboxylic acids is 2. The molecule has 0 spiro atoms. The van der Waals surface area contributed by atoms with Crippen LogP contribution < -0.4 is 11.1 Å². The van der Waals surface area contributed by atoms with Crippen molar-refractivity contribution in [3.8, 4) is 0 Å². The molecule has 0 unspecified atom stereocenters. The van der Waals surface area contributed by atoms with E-state index >= 15 is 0 Å². The summed E-state index contributed by atoms with van der Waals surface area (Å²) in [6, 6.07) is -0.305. The molecule has 0 bridgehead atoms. The van der Waals surface area contributed by atoms with E-state index in [0.717, 1.165) is 0 Å². The third-order valence-electron chi connectivity index (χ3n) is 2.56. The van der Waals surface area contributed by atoms with Gasteiger partial charge < -0.3 is 16.2 Å². The third-order valence-corrected chi connectivity index (χ3v) is 2.56. The predicted molar refractivity (Wildman–Crippen MR) is 63.6 cm³/mol. The summed E-state index contributed by atoms with van der Waals surface area (Å²) in [5, 5.41) is 10.8. The molecule has 0 aromatic heterocycles. The van der Waals surface area contributed by atoms with Gasteiger partial charge in [0.1, 0.15) is 6.04 Å². The average Bonchev–Trinajstić information content (AvgIpc) is 2.40. The van der Waals surface area contributed by atoms with E-state index < -0.39 is 46.8 Å². The van der Waals surface area contributed by atoms with Crippen molar-refractivity contribution in [3.63, 3.8) is 0 Å². The molecule has 1 atom stereocenters. The van der Waals surface area contributed by atoms with Gasteiger partial charge in [0.25, 0.3) is 5.91 Å². The number of benzene rings is 1. The number of aliphatic carboxylic acids is 1. The molecule has 0 aliphatic heterocycles. The van der Waals surface area contributed by atoms with E-state index in [0.29, 0.717) is 12.1 Å².